The molecule has 29 heavy (non-hydrogen) atoms. The number of hydrogen-bond donors (Lipinski definition) is 0. The lowest BCUT2D eigenvalue weighted by Gasteiger charge is -2.12. The maximum Gasteiger partial charge on any atom is 0.338 e. The zero-order valence-electron chi connectivity index (χ0n) is 15.8. The van der Waals surface area contributed by atoms with Crippen LogP contribution in [0.1, 0.15) is 26.3 Å². The van der Waals surface area contributed by atoms with E-state index in [0.717, 1.165) is 5.56 Å². The van der Waals surface area contributed by atoms with Crippen LogP contribution in [0.15, 0.2) is 72.8 Å². The molecular formula is C23H19ClO5. The first-order chi connectivity index (χ1) is 14.1. The van der Waals surface area contributed by atoms with Crippen LogP contribution in [0.3, 0.4) is 0 Å². The van der Waals surface area contributed by atoms with Gasteiger partial charge in [0.15, 0.2) is 23.9 Å². The molecule has 0 aromatic heterocycles. The van der Waals surface area contributed by atoms with E-state index in [0.29, 0.717) is 28.7 Å². The summed E-state index contributed by atoms with van der Waals surface area (Å²) in [5.74, 6) is -0.00664. The van der Waals surface area contributed by atoms with Gasteiger partial charge in [0, 0.05) is 10.6 Å². The molecule has 6 heteroatoms. The number of carbonyl (C=O) groups excluding carboxylic acids is 2. The van der Waals surface area contributed by atoms with Crippen LogP contribution in [0.5, 0.6) is 11.5 Å². The molecule has 0 bridgehead atoms. The SMILES string of the molecule is COc1cc(C(=O)OCC(=O)c2ccccc2)ccc1OCc1ccc(Cl)cc1. The van der Waals surface area contributed by atoms with E-state index in [1.165, 1.54) is 13.2 Å². The highest BCUT2D eigenvalue weighted by atomic mass is 35.5. The van der Waals surface area contributed by atoms with E-state index in [-0.39, 0.29) is 18.0 Å². The summed E-state index contributed by atoms with van der Waals surface area (Å²) >= 11 is 5.88. The lowest BCUT2D eigenvalue weighted by Crippen LogP contribution is -2.14. The van der Waals surface area contributed by atoms with Crippen molar-refractivity contribution in [3.63, 3.8) is 0 Å². The summed E-state index contributed by atoms with van der Waals surface area (Å²) in [4.78, 5) is 24.4. The summed E-state index contributed by atoms with van der Waals surface area (Å²) < 4.78 is 16.2. The van der Waals surface area contributed by atoms with E-state index in [2.05, 4.69) is 0 Å². The normalized spacial score (nSPS) is 10.3. The van der Waals surface area contributed by atoms with Crippen LogP contribution >= 0.6 is 11.6 Å². The Kier molecular flexibility index (Phi) is 6.87. The van der Waals surface area contributed by atoms with Gasteiger partial charge < -0.3 is 14.2 Å². The fourth-order valence-electron chi connectivity index (χ4n) is 2.58. The Hall–Kier alpha value is -3.31. The number of Topliss-reactive ketones (excluding diaryl/α,β-unsaturated/α-hetero) is 1. The summed E-state index contributed by atoms with van der Waals surface area (Å²) in [7, 11) is 1.48. The molecule has 3 aromatic rings. The van der Waals surface area contributed by atoms with Gasteiger partial charge in [0.25, 0.3) is 0 Å². The molecule has 0 saturated carbocycles. The number of benzene rings is 3. The van der Waals surface area contributed by atoms with Crippen molar-refractivity contribution in [2.24, 2.45) is 0 Å². The lowest BCUT2D eigenvalue weighted by molar-refractivity contribution is 0.0474. The summed E-state index contributed by atoms with van der Waals surface area (Å²) in [6.07, 6.45) is 0. The molecule has 0 N–H and O–H groups in total. The van der Waals surface area contributed by atoms with Gasteiger partial charge in [-0.25, -0.2) is 4.79 Å². The Balaban J connectivity index is 1.62. The standard InChI is InChI=1S/C23H19ClO5/c1-27-22-13-18(23(26)29-15-20(25)17-5-3-2-4-6-17)9-12-21(22)28-14-16-7-10-19(24)11-8-16/h2-13H,14-15H2,1H3. The number of halogens is 1. The summed E-state index contributed by atoms with van der Waals surface area (Å²) in [6.45, 7) is -0.0110. The highest BCUT2D eigenvalue weighted by Crippen LogP contribution is 2.29. The zero-order chi connectivity index (χ0) is 20.6. The summed E-state index contributed by atoms with van der Waals surface area (Å²) in [5, 5.41) is 0.653. The van der Waals surface area contributed by atoms with Gasteiger partial charge in [-0.3, -0.25) is 4.79 Å². The largest absolute Gasteiger partial charge is 0.493 e. The topological polar surface area (TPSA) is 61.8 Å². The zero-order valence-corrected chi connectivity index (χ0v) is 16.5. The molecule has 0 atom stereocenters. The van der Waals surface area contributed by atoms with Crippen molar-refractivity contribution >= 4 is 23.4 Å². The number of hydrogen-bond acceptors (Lipinski definition) is 5. The predicted octanol–water partition coefficient (Wildman–Crippen LogP) is 4.97. The van der Waals surface area contributed by atoms with Crippen LogP contribution in [0.4, 0.5) is 0 Å². The second-order valence-corrected chi connectivity index (χ2v) is 6.58. The van der Waals surface area contributed by atoms with Crippen molar-refractivity contribution in [2.75, 3.05) is 13.7 Å². The monoisotopic (exact) mass is 410 g/mol. The molecule has 0 aliphatic rings. The van der Waals surface area contributed by atoms with Crippen molar-refractivity contribution < 1.29 is 23.8 Å². The minimum absolute atomic E-state index is 0.265. The molecule has 0 aliphatic carbocycles. The van der Waals surface area contributed by atoms with Crippen LogP contribution in [0, 0.1) is 0 Å². The highest BCUT2D eigenvalue weighted by Gasteiger charge is 2.15. The Labute approximate surface area is 173 Å². The molecular weight excluding hydrogens is 392 g/mol. The third-order valence-electron chi connectivity index (χ3n) is 4.14. The van der Waals surface area contributed by atoms with E-state index in [4.69, 9.17) is 25.8 Å². The maximum atomic E-state index is 12.3. The van der Waals surface area contributed by atoms with Gasteiger partial charge in [-0.1, -0.05) is 54.1 Å². The van der Waals surface area contributed by atoms with Crippen molar-refractivity contribution in [1.29, 1.82) is 0 Å². The number of ether oxygens (including phenoxy) is 3. The maximum absolute atomic E-state index is 12.3. The molecule has 0 aliphatic heterocycles. The molecule has 0 amide bonds. The number of methoxy groups -OCH3 is 1. The van der Waals surface area contributed by atoms with E-state index in [1.54, 1.807) is 48.5 Å². The van der Waals surface area contributed by atoms with Crippen LogP contribution in [0.25, 0.3) is 0 Å². The Morgan fingerprint density at radius 1 is 0.862 bits per heavy atom. The third-order valence-corrected chi connectivity index (χ3v) is 4.39. The quantitative estimate of drug-likeness (QED) is 0.387. The summed E-state index contributed by atoms with van der Waals surface area (Å²) in [5.41, 5.74) is 1.70. The van der Waals surface area contributed by atoms with Gasteiger partial charge in [-0.15, -0.1) is 0 Å². The molecule has 0 saturated heterocycles. The van der Waals surface area contributed by atoms with Crippen molar-refractivity contribution in [3.05, 3.63) is 94.5 Å². The number of carbonyl (C=O) groups is 2. The second kappa shape index (κ2) is 9.75. The minimum atomic E-state index is -0.614. The highest BCUT2D eigenvalue weighted by molar-refractivity contribution is 6.30. The summed E-state index contributed by atoms with van der Waals surface area (Å²) in [6, 6.07) is 20.7. The van der Waals surface area contributed by atoms with E-state index in [1.807, 2.05) is 18.2 Å². The second-order valence-electron chi connectivity index (χ2n) is 6.15. The Bertz CT molecular complexity index is 984. The molecule has 5 nitrogen and oxygen atoms in total. The van der Waals surface area contributed by atoms with E-state index < -0.39 is 5.97 Å². The fourth-order valence-corrected chi connectivity index (χ4v) is 2.70. The van der Waals surface area contributed by atoms with Gasteiger partial charge in [-0.05, 0) is 35.9 Å². The Morgan fingerprint density at radius 2 is 1.59 bits per heavy atom. The van der Waals surface area contributed by atoms with Crippen LogP contribution < -0.4 is 9.47 Å². The first-order valence-corrected chi connectivity index (χ1v) is 9.25. The van der Waals surface area contributed by atoms with Gasteiger partial charge >= 0.3 is 5.97 Å². The van der Waals surface area contributed by atoms with Gasteiger partial charge in [0.2, 0.25) is 0 Å². The van der Waals surface area contributed by atoms with E-state index in [9.17, 15) is 9.59 Å². The Morgan fingerprint density at radius 3 is 2.28 bits per heavy atom. The van der Waals surface area contributed by atoms with E-state index >= 15 is 0 Å². The number of rotatable bonds is 8. The van der Waals surface area contributed by atoms with Crippen molar-refractivity contribution in [1.82, 2.24) is 0 Å². The van der Waals surface area contributed by atoms with Gasteiger partial charge in [0.1, 0.15) is 6.61 Å². The molecule has 0 spiro atoms. The number of esters is 1. The molecule has 0 fully saturated rings. The van der Waals surface area contributed by atoms with Crippen LogP contribution in [-0.4, -0.2) is 25.5 Å². The predicted molar refractivity (Wildman–Crippen MR) is 110 cm³/mol. The average molecular weight is 411 g/mol. The molecule has 0 unspecified atom stereocenters. The first-order valence-electron chi connectivity index (χ1n) is 8.87. The number of ketones is 1. The molecule has 3 rings (SSSR count). The van der Waals surface area contributed by atoms with Crippen LogP contribution in [0.2, 0.25) is 5.02 Å². The molecule has 148 valence electrons. The van der Waals surface area contributed by atoms with Gasteiger partial charge in [0.05, 0.1) is 12.7 Å². The lowest BCUT2D eigenvalue weighted by atomic mass is 10.1. The van der Waals surface area contributed by atoms with Crippen molar-refractivity contribution in [2.45, 2.75) is 6.61 Å². The van der Waals surface area contributed by atoms with Crippen LogP contribution in [-0.2, 0) is 11.3 Å². The minimum Gasteiger partial charge on any atom is -0.493 e. The average Bonchev–Trinajstić information content (AvgIpc) is 2.77. The third kappa shape index (κ3) is 5.59. The smallest absolute Gasteiger partial charge is 0.338 e. The molecule has 0 radical (unpaired) electrons. The fraction of sp³-hybridized carbons (Fsp3) is 0.130. The van der Waals surface area contributed by atoms with Crippen molar-refractivity contribution in [3.8, 4) is 11.5 Å². The molecule has 0 heterocycles. The molecule has 3 aromatic carbocycles. The van der Waals surface area contributed by atoms with Gasteiger partial charge in [-0.2, -0.15) is 0 Å². The first kappa shape index (κ1) is 20.4.